The van der Waals surface area contributed by atoms with Crippen LogP contribution in [0, 0.1) is 6.92 Å². The van der Waals surface area contributed by atoms with E-state index in [0.29, 0.717) is 22.1 Å². The molecule has 0 bridgehead atoms. The number of amides is 1. The fourth-order valence-electron chi connectivity index (χ4n) is 1.85. The predicted octanol–water partition coefficient (Wildman–Crippen LogP) is 1.45. The number of carbonyl (C=O) groups is 2. The van der Waals surface area contributed by atoms with Gasteiger partial charge in [0.05, 0.1) is 10.7 Å². The maximum absolute atomic E-state index is 12.2. The second-order valence-electron chi connectivity index (χ2n) is 4.18. The van der Waals surface area contributed by atoms with Crippen LogP contribution >= 0.6 is 11.6 Å². The van der Waals surface area contributed by atoms with Gasteiger partial charge in [-0.3, -0.25) is 14.0 Å². The molecule has 0 unspecified atom stereocenters. The molecule has 2 aromatic heterocycles. The molecule has 0 fully saturated rings. The Labute approximate surface area is 114 Å². The number of carboxylic acids is 1. The van der Waals surface area contributed by atoms with Gasteiger partial charge in [-0.1, -0.05) is 11.6 Å². The van der Waals surface area contributed by atoms with Gasteiger partial charge in [0.15, 0.2) is 0 Å². The first-order valence-corrected chi connectivity index (χ1v) is 5.89. The summed E-state index contributed by atoms with van der Waals surface area (Å²) in [7, 11) is 1.43. The Hall–Kier alpha value is -2.08. The molecule has 0 aliphatic rings. The molecular formula is C12H12ClN3O3. The number of fused-ring (bicyclic) bond motifs is 1. The standard InChI is InChI=1S/C12H12ClN3O3/c1-7-11(12(19)15(2)6-10(17)18)16-5-8(13)3-4-9(16)14-7/h3-5H,6H2,1-2H3,(H,17,18). The van der Waals surface area contributed by atoms with Crippen LogP contribution in [0.4, 0.5) is 0 Å². The summed E-state index contributed by atoms with van der Waals surface area (Å²) in [5.41, 5.74) is 1.44. The maximum atomic E-state index is 12.2. The molecule has 100 valence electrons. The van der Waals surface area contributed by atoms with Crippen molar-refractivity contribution in [1.29, 1.82) is 0 Å². The largest absolute Gasteiger partial charge is 0.480 e. The molecule has 0 saturated heterocycles. The highest BCUT2D eigenvalue weighted by molar-refractivity contribution is 6.30. The van der Waals surface area contributed by atoms with Crippen LogP contribution in [-0.2, 0) is 4.79 Å². The van der Waals surface area contributed by atoms with Gasteiger partial charge < -0.3 is 10.0 Å². The Bertz CT molecular complexity index is 666. The lowest BCUT2D eigenvalue weighted by atomic mass is 10.3. The van der Waals surface area contributed by atoms with E-state index >= 15 is 0 Å². The van der Waals surface area contributed by atoms with Crippen molar-refractivity contribution in [2.75, 3.05) is 13.6 Å². The molecule has 0 aliphatic carbocycles. The van der Waals surface area contributed by atoms with E-state index in [9.17, 15) is 9.59 Å². The first-order valence-electron chi connectivity index (χ1n) is 5.51. The molecule has 6 nitrogen and oxygen atoms in total. The van der Waals surface area contributed by atoms with Gasteiger partial charge in [0.1, 0.15) is 17.9 Å². The molecule has 7 heteroatoms. The molecular weight excluding hydrogens is 270 g/mol. The summed E-state index contributed by atoms with van der Waals surface area (Å²) in [6, 6.07) is 3.38. The van der Waals surface area contributed by atoms with Crippen molar-refractivity contribution < 1.29 is 14.7 Å². The summed E-state index contributed by atoms with van der Waals surface area (Å²) in [6.45, 7) is 1.33. The van der Waals surface area contributed by atoms with Crippen molar-refractivity contribution in [3.05, 3.63) is 34.7 Å². The second-order valence-corrected chi connectivity index (χ2v) is 4.61. The number of hydrogen-bond acceptors (Lipinski definition) is 3. The number of halogens is 1. The summed E-state index contributed by atoms with van der Waals surface area (Å²) in [5, 5.41) is 9.19. The van der Waals surface area contributed by atoms with E-state index in [1.807, 2.05) is 0 Å². The van der Waals surface area contributed by atoms with Crippen LogP contribution in [0.2, 0.25) is 5.02 Å². The van der Waals surface area contributed by atoms with Crippen LogP contribution < -0.4 is 0 Å². The van der Waals surface area contributed by atoms with Crippen LogP contribution in [0.1, 0.15) is 16.2 Å². The Morgan fingerprint density at radius 2 is 2.16 bits per heavy atom. The lowest BCUT2D eigenvalue weighted by molar-refractivity contribution is -0.137. The summed E-state index contributed by atoms with van der Waals surface area (Å²) in [4.78, 5) is 28.3. The summed E-state index contributed by atoms with van der Waals surface area (Å²) < 4.78 is 1.57. The molecule has 0 aliphatic heterocycles. The highest BCUT2D eigenvalue weighted by Crippen LogP contribution is 2.17. The number of aromatic nitrogens is 2. The van der Waals surface area contributed by atoms with E-state index in [1.54, 1.807) is 29.7 Å². The van der Waals surface area contributed by atoms with Gasteiger partial charge in [0.2, 0.25) is 0 Å². The van der Waals surface area contributed by atoms with Crippen LogP contribution in [0.25, 0.3) is 5.65 Å². The summed E-state index contributed by atoms with van der Waals surface area (Å²) in [6.07, 6.45) is 1.58. The molecule has 0 radical (unpaired) electrons. The van der Waals surface area contributed by atoms with Crippen molar-refractivity contribution >= 4 is 29.1 Å². The number of rotatable bonds is 3. The third-order valence-corrected chi connectivity index (χ3v) is 2.90. The van der Waals surface area contributed by atoms with E-state index in [1.165, 1.54) is 7.05 Å². The second kappa shape index (κ2) is 4.89. The average molecular weight is 282 g/mol. The van der Waals surface area contributed by atoms with Crippen molar-refractivity contribution in [2.45, 2.75) is 6.92 Å². The summed E-state index contributed by atoms with van der Waals surface area (Å²) in [5.74, 6) is -1.48. The summed E-state index contributed by atoms with van der Waals surface area (Å²) >= 11 is 5.90. The number of carbonyl (C=O) groups excluding carboxylic acids is 1. The van der Waals surface area contributed by atoms with Crippen LogP contribution in [0.15, 0.2) is 18.3 Å². The Morgan fingerprint density at radius 3 is 2.79 bits per heavy atom. The molecule has 0 spiro atoms. The Morgan fingerprint density at radius 1 is 1.47 bits per heavy atom. The van der Waals surface area contributed by atoms with E-state index in [0.717, 1.165) is 4.90 Å². The highest BCUT2D eigenvalue weighted by atomic mass is 35.5. The quantitative estimate of drug-likeness (QED) is 0.924. The number of pyridine rings is 1. The minimum Gasteiger partial charge on any atom is -0.480 e. The first-order chi connectivity index (χ1) is 8.90. The molecule has 2 aromatic rings. The van der Waals surface area contributed by atoms with E-state index in [2.05, 4.69) is 4.98 Å². The van der Waals surface area contributed by atoms with Crippen LogP contribution in [0.3, 0.4) is 0 Å². The van der Waals surface area contributed by atoms with Crippen molar-refractivity contribution in [3.63, 3.8) is 0 Å². The molecule has 2 rings (SSSR count). The molecule has 1 amide bonds. The number of hydrogen-bond donors (Lipinski definition) is 1. The molecule has 19 heavy (non-hydrogen) atoms. The fourth-order valence-corrected chi connectivity index (χ4v) is 2.01. The molecule has 0 aromatic carbocycles. The minimum atomic E-state index is -1.07. The van der Waals surface area contributed by atoms with Gasteiger partial charge in [0, 0.05) is 13.2 Å². The first kappa shape index (κ1) is 13.4. The molecule has 1 N–H and O–H groups in total. The van der Waals surface area contributed by atoms with Gasteiger partial charge in [-0.15, -0.1) is 0 Å². The van der Waals surface area contributed by atoms with Crippen molar-refractivity contribution in [3.8, 4) is 0 Å². The van der Waals surface area contributed by atoms with Crippen molar-refractivity contribution in [1.82, 2.24) is 14.3 Å². The number of aliphatic carboxylic acids is 1. The molecule has 2 heterocycles. The van der Waals surface area contributed by atoms with Gasteiger partial charge in [0.25, 0.3) is 5.91 Å². The van der Waals surface area contributed by atoms with Gasteiger partial charge in [-0.05, 0) is 19.1 Å². The number of carboxylic acid groups (broad SMARTS) is 1. The normalized spacial score (nSPS) is 10.7. The number of nitrogens with zero attached hydrogens (tertiary/aromatic N) is 3. The lowest BCUT2D eigenvalue weighted by Crippen LogP contribution is -2.33. The number of imidazole rings is 1. The number of likely N-dealkylation sites (N-methyl/N-ethyl adjacent to an activating group) is 1. The fraction of sp³-hybridized carbons (Fsp3) is 0.250. The smallest absolute Gasteiger partial charge is 0.323 e. The molecule has 0 saturated carbocycles. The minimum absolute atomic E-state index is 0.321. The van der Waals surface area contributed by atoms with Gasteiger partial charge >= 0.3 is 5.97 Å². The third-order valence-electron chi connectivity index (χ3n) is 2.68. The Kier molecular flexibility index (Phi) is 3.44. The molecule has 0 atom stereocenters. The zero-order valence-corrected chi connectivity index (χ0v) is 11.2. The van der Waals surface area contributed by atoms with Gasteiger partial charge in [-0.2, -0.15) is 0 Å². The van der Waals surface area contributed by atoms with E-state index in [-0.39, 0.29) is 6.54 Å². The van der Waals surface area contributed by atoms with Gasteiger partial charge in [-0.25, -0.2) is 4.98 Å². The SMILES string of the molecule is Cc1nc2ccc(Cl)cn2c1C(=O)N(C)CC(=O)O. The highest BCUT2D eigenvalue weighted by Gasteiger charge is 2.21. The topological polar surface area (TPSA) is 74.9 Å². The zero-order chi connectivity index (χ0) is 14.2. The maximum Gasteiger partial charge on any atom is 0.323 e. The van der Waals surface area contributed by atoms with E-state index < -0.39 is 11.9 Å². The Balaban J connectivity index is 2.49. The van der Waals surface area contributed by atoms with Crippen molar-refractivity contribution in [2.24, 2.45) is 0 Å². The van der Waals surface area contributed by atoms with E-state index in [4.69, 9.17) is 16.7 Å². The zero-order valence-electron chi connectivity index (χ0n) is 10.4. The predicted molar refractivity (Wildman–Crippen MR) is 69.5 cm³/mol. The average Bonchev–Trinajstić information content (AvgIpc) is 2.62. The number of aryl methyl sites for hydroxylation is 1. The lowest BCUT2D eigenvalue weighted by Gasteiger charge is -2.14. The third kappa shape index (κ3) is 2.53. The van der Waals surface area contributed by atoms with Crippen LogP contribution in [-0.4, -0.2) is 44.9 Å². The van der Waals surface area contributed by atoms with Crippen LogP contribution in [0.5, 0.6) is 0 Å². The monoisotopic (exact) mass is 281 g/mol.